The van der Waals surface area contributed by atoms with E-state index in [4.69, 9.17) is 18.0 Å². The summed E-state index contributed by atoms with van der Waals surface area (Å²) < 4.78 is 22.2. The molecule has 0 rings (SSSR count). The van der Waals surface area contributed by atoms with Gasteiger partial charge in [-0.25, -0.2) is 4.79 Å². The van der Waals surface area contributed by atoms with Crippen molar-refractivity contribution in [3.63, 3.8) is 0 Å². The molecule has 0 aromatic heterocycles. The van der Waals surface area contributed by atoms with E-state index in [0.29, 0.717) is 31.6 Å². The van der Waals surface area contributed by atoms with E-state index in [1.165, 1.54) is 0 Å². The lowest BCUT2D eigenvalue weighted by atomic mass is 10.5. The van der Waals surface area contributed by atoms with Gasteiger partial charge in [-0.05, 0) is 34.1 Å². The zero-order valence-corrected chi connectivity index (χ0v) is 13.7. The third-order valence-electron chi connectivity index (χ3n) is 2.28. The first-order valence-electron chi connectivity index (χ1n) is 6.87. The highest BCUT2D eigenvalue weighted by atomic mass is 28.4. The monoisotopic (exact) mass is 290 g/mol. The molecular weight excluding hydrogens is 264 g/mol. The van der Waals surface area contributed by atoms with E-state index < -0.39 is 14.8 Å². The van der Waals surface area contributed by atoms with Gasteiger partial charge in [-0.1, -0.05) is 13.0 Å². The second-order valence-electron chi connectivity index (χ2n) is 3.69. The third-order valence-corrected chi connectivity index (χ3v) is 5.44. The van der Waals surface area contributed by atoms with Crippen molar-refractivity contribution in [2.75, 3.05) is 26.4 Å². The summed E-state index contributed by atoms with van der Waals surface area (Å²) in [5.74, 6) is -0.411. The molecule has 0 fully saturated rings. The van der Waals surface area contributed by atoms with Crippen molar-refractivity contribution in [1.29, 1.82) is 0 Å². The standard InChI is InChI=1S/C13H26O5Si/c1-6-11-15-13(14)12(7-2)19(16-8-3,17-9-4)18-10-5/h7H,6,8-11H2,1-5H3. The Labute approximate surface area is 117 Å². The Morgan fingerprint density at radius 2 is 1.47 bits per heavy atom. The minimum absolute atomic E-state index is 0.380. The van der Waals surface area contributed by atoms with Crippen LogP contribution in [0.3, 0.4) is 0 Å². The van der Waals surface area contributed by atoms with Gasteiger partial charge >= 0.3 is 14.8 Å². The maximum absolute atomic E-state index is 12.1. The van der Waals surface area contributed by atoms with Gasteiger partial charge in [-0.3, -0.25) is 0 Å². The fourth-order valence-electron chi connectivity index (χ4n) is 1.62. The molecular formula is C13H26O5Si. The van der Waals surface area contributed by atoms with Crippen LogP contribution in [0.2, 0.25) is 0 Å². The van der Waals surface area contributed by atoms with Crippen LogP contribution in [-0.2, 0) is 22.8 Å². The van der Waals surface area contributed by atoms with Crippen LogP contribution in [0.5, 0.6) is 0 Å². The summed E-state index contributed by atoms with van der Waals surface area (Å²) in [5.41, 5.74) is 0. The average Bonchev–Trinajstić information content (AvgIpc) is 2.38. The first-order valence-corrected chi connectivity index (χ1v) is 8.59. The van der Waals surface area contributed by atoms with Gasteiger partial charge < -0.3 is 18.0 Å². The summed E-state index contributed by atoms with van der Waals surface area (Å²) in [5, 5.41) is 0.381. The fraction of sp³-hybridized carbons (Fsp3) is 0.769. The highest BCUT2D eigenvalue weighted by Crippen LogP contribution is 2.22. The van der Waals surface area contributed by atoms with Crippen LogP contribution in [0.1, 0.15) is 41.0 Å². The zero-order chi connectivity index (χ0) is 14.7. The van der Waals surface area contributed by atoms with E-state index in [-0.39, 0.29) is 0 Å². The quantitative estimate of drug-likeness (QED) is 0.351. The fourth-order valence-corrected chi connectivity index (χ4v) is 4.15. The second-order valence-corrected chi connectivity index (χ2v) is 6.21. The lowest BCUT2D eigenvalue weighted by Crippen LogP contribution is -2.51. The van der Waals surface area contributed by atoms with Crippen molar-refractivity contribution >= 4 is 14.8 Å². The van der Waals surface area contributed by atoms with Gasteiger partial charge in [-0.15, -0.1) is 0 Å². The first-order chi connectivity index (χ1) is 9.11. The Kier molecular flexibility index (Phi) is 9.77. The molecule has 0 heterocycles. The summed E-state index contributed by atoms with van der Waals surface area (Å²) in [7, 11) is -3.15. The van der Waals surface area contributed by atoms with Crippen molar-refractivity contribution in [2.45, 2.75) is 41.0 Å². The maximum atomic E-state index is 12.1. The van der Waals surface area contributed by atoms with Crippen LogP contribution in [0.4, 0.5) is 0 Å². The average molecular weight is 290 g/mol. The topological polar surface area (TPSA) is 54.0 Å². The molecule has 0 aliphatic carbocycles. The normalized spacial score (nSPS) is 12.6. The van der Waals surface area contributed by atoms with Crippen molar-refractivity contribution in [3.8, 4) is 0 Å². The van der Waals surface area contributed by atoms with Crippen LogP contribution >= 0.6 is 0 Å². The summed E-state index contributed by atoms with van der Waals surface area (Å²) in [6.07, 6.45) is 2.44. The van der Waals surface area contributed by atoms with Gasteiger partial charge in [0.15, 0.2) is 0 Å². The van der Waals surface area contributed by atoms with Gasteiger partial charge in [0, 0.05) is 19.8 Å². The molecule has 0 bridgehead atoms. The highest BCUT2D eigenvalue weighted by molar-refractivity contribution is 6.74. The van der Waals surface area contributed by atoms with Crippen molar-refractivity contribution in [3.05, 3.63) is 11.3 Å². The third kappa shape index (κ3) is 5.44. The van der Waals surface area contributed by atoms with Gasteiger partial charge in [-0.2, -0.15) is 0 Å². The van der Waals surface area contributed by atoms with Crippen LogP contribution in [0, 0.1) is 0 Å². The molecule has 0 saturated heterocycles. The molecule has 0 aromatic carbocycles. The summed E-state index contributed by atoms with van der Waals surface area (Å²) >= 11 is 0. The van der Waals surface area contributed by atoms with Crippen LogP contribution < -0.4 is 0 Å². The molecule has 0 amide bonds. The molecule has 0 N–H and O–H groups in total. The molecule has 0 radical (unpaired) electrons. The van der Waals surface area contributed by atoms with Gasteiger partial charge in [0.2, 0.25) is 0 Å². The van der Waals surface area contributed by atoms with Crippen LogP contribution in [0.15, 0.2) is 11.3 Å². The number of rotatable bonds is 10. The van der Waals surface area contributed by atoms with Crippen LogP contribution in [0.25, 0.3) is 0 Å². The number of esters is 1. The lowest BCUT2D eigenvalue weighted by molar-refractivity contribution is -0.139. The molecule has 0 atom stereocenters. The van der Waals surface area contributed by atoms with Crippen molar-refractivity contribution in [1.82, 2.24) is 0 Å². The lowest BCUT2D eigenvalue weighted by Gasteiger charge is -2.29. The van der Waals surface area contributed by atoms with Crippen molar-refractivity contribution < 1.29 is 22.8 Å². The molecule has 0 unspecified atom stereocenters. The molecule has 0 aliphatic rings. The summed E-state index contributed by atoms with van der Waals surface area (Å²) in [4.78, 5) is 12.1. The minimum atomic E-state index is -3.15. The number of hydrogen-bond donors (Lipinski definition) is 0. The molecule has 112 valence electrons. The second kappa shape index (κ2) is 10.1. The first kappa shape index (κ1) is 18.3. The van der Waals surface area contributed by atoms with E-state index in [0.717, 1.165) is 6.42 Å². The summed E-state index contributed by atoms with van der Waals surface area (Å²) in [6, 6.07) is 0. The minimum Gasteiger partial charge on any atom is -0.462 e. The summed E-state index contributed by atoms with van der Waals surface area (Å²) in [6.45, 7) is 10.9. The number of hydrogen-bond acceptors (Lipinski definition) is 5. The smallest absolute Gasteiger partial charge is 0.462 e. The Bertz CT molecular complexity index is 274. The number of allylic oxidation sites excluding steroid dienone is 1. The predicted molar refractivity (Wildman–Crippen MR) is 75.6 cm³/mol. The zero-order valence-electron chi connectivity index (χ0n) is 12.7. The Morgan fingerprint density at radius 3 is 1.79 bits per heavy atom. The molecule has 5 nitrogen and oxygen atoms in total. The predicted octanol–water partition coefficient (Wildman–Crippen LogP) is 2.47. The Balaban J connectivity index is 5.20. The molecule has 0 saturated carbocycles. The van der Waals surface area contributed by atoms with E-state index in [1.807, 2.05) is 27.7 Å². The van der Waals surface area contributed by atoms with Crippen molar-refractivity contribution in [2.24, 2.45) is 0 Å². The van der Waals surface area contributed by atoms with Gasteiger partial charge in [0.1, 0.15) is 5.20 Å². The molecule has 0 aromatic rings. The molecule has 6 heteroatoms. The van der Waals surface area contributed by atoms with Gasteiger partial charge in [0.05, 0.1) is 6.61 Å². The molecule has 0 aliphatic heterocycles. The van der Waals surface area contributed by atoms with Crippen LogP contribution in [-0.4, -0.2) is 41.2 Å². The largest absolute Gasteiger partial charge is 0.544 e. The van der Waals surface area contributed by atoms with E-state index in [1.54, 1.807) is 13.0 Å². The van der Waals surface area contributed by atoms with E-state index >= 15 is 0 Å². The SMILES string of the molecule is CC=C(C(=O)OCCC)[Si](OCC)(OCC)OCC. The Hall–Kier alpha value is -0.693. The number of ether oxygens (including phenoxy) is 1. The molecule has 0 spiro atoms. The van der Waals surface area contributed by atoms with Gasteiger partial charge in [0.25, 0.3) is 0 Å². The maximum Gasteiger partial charge on any atom is 0.544 e. The molecule has 19 heavy (non-hydrogen) atoms. The van der Waals surface area contributed by atoms with E-state index in [9.17, 15) is 4.79 Å². The van der Waals surface area contributed by atoms with E-state index in [2.05, 4.69) is 0 Å². The number of carbonyl (C=O) groups is 1. The highest BCUT2D eigenvalue weighted by Gasteiger charge is 2.49. The number of carbonyl (C=O) groups excluding carboxylic acids is 1. The Morgan fingerprint density at radius 1 is 1.00 bits per heavy atom.